The fourth-order valence-corrected chi connectivity index (χ4v) is 3.54. The first-order valence-electron chi connectivity index (χ1n) is 9.55. The molecule has 2 aliphatic rings. The first-order chi connectivity index (χ1) is 13.4. The maximum atomic E-state index is 12.7. The Hall–Kier alpha value is -3.02. The van der Waals surface area contributed by atoms with Crippen LogP contribution in [0.2, 0.25) is 0 Å². The average molecular weight is 380 g/mol. The lowest BCUT2D eigenvalue weighted by Crippen LogP contribution is -2.21. The second-order valence-electron chi connectivity index (χ2n) is 7.69. The van der Waals surface area contributed by atoms with Crippen molar-refractivity contribution < 1.29 is 19.1 Å². The van der Waals surface area contributed by atoms with Crippen molar-refractivity contribution in [2.45, 2.75) is 33.1 Å². The van der Waals surface area contributed by atoms with E-state index in [9.17, 15) is 9.59 Å². The van der Waals surface area contributed by atoms with Gasteiger partial charge in [-0.25, -0.2) is 0 Å². The fraction of sp³-hybridized carbons (Fsp3) is 0.364. The molecular formula is C22H24N2O4. The van der Waals surface area contributed by atoms with Gasteiger partial charge in [-0.2, -0.15) is 0 Å². The first-order valence-corrected chi connectivity index (χ1v) is 9.55. The average Bonchev–Trinajstić information content (AvgIpc) is 3.34. The molecule has 2 N–H and O–H groups in total. The molecule has 6 nitrogen and oxygen atoms in total. The van der Waals surface area contributed by atoms with Crippen LogP contribution in [0.5, 0.6) is 11.5 Å². The lowest BCUT2D eigenvalue weighted by Gasteiger charge is -2.16. The van der Waals surface area contributed by atoms with Gasteiger partial charge in [-0.15, -0.1) is 0 Å². The van der Waals surface area contributed by atoms with Gasteiger partial charge in [0.05, 0.1) is 11.8 Å². The summed E-state index contributed by atoms with van der Waals surface area (Å²) in [5.74, 6) is 0.740. The van der Waals surface area contributed by atoms with E-state index in [4.69, 9.17) is 9.47 Å². The minimum atomic E-state index is -0.308. The molecule has 2 aromatic carbocycles. The highest BCUT2D eigenvalue weighted by Crippen LogP contribution is 2.42. The Bertz CT molecular complexity index is 938. The minimum Gasteiger partial charge on any atom is -0.454 e. The lowest BCUT2D eigenvalue weighted by atomic mass is 9.98. The number of anilines is 2. The van der Waals surface area contributed by atoms with Crippen molar-refractivity contribution >= 4 is 23.2 Å². The molecular weight excluding hydrogens is 356 g/mol. The summed E-state index contributed by atoms with van der Waals surface area (Å²) in [7, 11) is 0. The van der Waals surface area contributed by atoms with E-state index in [1.54, 1.807) is 18.2 Å². The van der Waals surface area contributed by atoms with Gasteiger partial charge in [-0.1, -0.05) is 32.0 Å². The van der Waals surface area contributed by atoms with Crippen molar-refractivity contribution in [3.05, 3.63) is 47.5 Å². The summed E-state index contributed by atoms with van der Waals surface area (Å²) in [4.78, 5) is 25.2. The number of carbonyl (C=O) groups is 2. The van der Waals surface area contributed by atoms with Gasteiger partial charge in [0.1, 0.15) is 0 Å². The Morgan fingerprint density at radius 3 is 2.46 bits per heavy atom. The standard InChI is InChI=1S/C22H24N2O4/c1-12(2)15-6-4-5-13(3)20(15)24-22(26)17-10-16(17)21(25)23-14-7-8-18-19(9-14)28-11-27-18/h4-9,12,16-17H,10-11H2,1-3H3,(H,23,25)(H,24,26). The topological polar surface area (TPSA) is 76.7 Å². The number of para-hydroxylation sites is 1. The molecule has 1 fully saturated rings. The number of amides is 2. The van der Waals surface area contributed by atoms with Gasteiger partial charge in [0.2, 0.25) is 18.6 Å². The normalized spacial score (nSPS) is 19.4. The van der Waals surface area contributed by atoms with E-state index < -0.39 is 0 Å². The molecule has 146 valence electrons. The van der Waals surface area contributed by atoms with Crippen molar-refractivity contribution in [1.82, 2.24) is 0 Å². The molecule has 1 heterocycles. The van der Waals surface area contributed by atoms with Crippen molar-refractivity contribution in [1.29, 1.82) is 0 Å². The highest BCUT2D eigenvalue weighted by atomic mass is 16.7. The smallest absolute Gasteiger partial charge is 0.231 e. The van der Waals surface area contributed by atoms with E-state index in [1.807, 2.05) is 25.1 Å². The molecule has 0 bridgehead atoms. The Morgan fingerprint density at radius 1 is 1.00 bits per heavy atom. The van der Waals surface area contributed by atoms with Gasteiger partial charge in [0.15, 0.2) is 11.5 Å². The molecule has 1 aliphatic heterocycles. The Kier molecular flexibility index (Phi) is 4.71. The molecule has 28 heavy (non-hydrogen) atoms. The van der Waals surface area contributed by atoms with E-state index in [1.165, 1.54) is 0 Å². The highest BCUT2D eigenvalue weighted by molar-refractivity contribution is 6.03. The number of hydrogen-bond acceptors (Lipinski definition) is 4. The molecule has 2 unspecified atom stereocenters. The number of aryl methyl sites for hydroxylation is 1. The zero-order chi connectivity index (χ0) is 19.8. The Morgan fingerprint density at radius 2 is 1.71 bits per heavy atom. The summed E-state index contributed by atoms with van der Waals surface area (Å²) in [6.45, 7) is 6.37. The van der Waals surface area contributed by atoms with Crippen LogP contribution >= 0.6 is 0 Å². The van der Waals surface area contributed by atoms with Crippen LogP contribution in [-0.2, 0) is 9.59 Å². The molecule has 0 spiro atoms. The van der Waals surface area contributed by atoms with E-state index >= 15 is 0 Å². The Labute approximate surface area is 164 Å². The predicted molar refractivity (Wildman–Crippen MR) is 107 cm³/mol. The van der Waals surface area contributed by atoms with Gasteiger partial charge in [-0.3, -0.25) is 9.59 Å². The maximum Gasteiger partial charge on any atom is 0.231 e. The zero-order valence-electron chi connectivity index (χ0n) is 16.2. The van der Waals surface area contributed by atoms with Gasteiger partial charge >= 0.3 is 0 Å². The first kappa shape index (κ1) is 18.3. The third-order valence-electron chi connectivity index (χ3n) is 5.28. The molecule has 0 aromatic heterocycles. The predicted octanol–water partition coefficient (Wildman–Crippen LogP) is 4.06. The highest BCUT2D eigenvalue weighted by Gasteiger charge is 2.48. The van der Waals surface area contributed by atoms with Gasteiger partial charge in [0, 0.05) is 17.4 Å². The van der Waals surface area contributed by atoms with Crippen LogP contribution in [0.1, 0.15) is 37.3 Å². The molecule has 0 saturated heterocycles. The molecule has 2 amide bonds. The number of nitrogens with one attached hydrogen (secondary N) is 2. The fourth-order valence-electron chi connectivity index (χ4n) is 3.54. The van der Waals surface area contributed by atoms with Crippen molar-refractivity contribution in [3.8, 4) is 11.5 Å². The van der Waals surface area contributed by atoms with E-state index in [0.29, 0.717) is 29.5 Å². The van der Waals surface area contributed by atoms with Crippen LogP contribution < -0.4 is 20.1 Å². The van der Waals surface area contributed by atoms with Gasteiger partial charge in [-0.05, 0) is 42.5 Å². The number of fused-ring (bicyclic) bond motifs is 1. The number of benzene rings is 2. The summed E-state index contributed by atoms with van der Waals surface area (Å²) in [5, 5.41) is 5.92. The SMILES string of the molecule is Cc1cccc(C(C)C)c1NC(=O)C1CC1C(=O)Nc1ccc2c(c1)OCO2. The van der Waals surface area contributed by atoms with Crippen molar-refractivity contribution in [2.75, 3.05) is 17.4 Å². The van der Waals surface area contributed by atoms with Crippen molar-refractivity contribution in [2.24, 2.45) is 11.8 Å². The minimum absolute atomic E-state index is 0.0953. The molecule has 1 saturated carbocycles. The molecule has 2 aromatic rings. The van der Waals surface area contributed by atoms with E-state index in [0.717, 1.165) is 16.8 Å². The number of hydrogen-bond donors (Lipinski definition) is 2. The molecule has 4 rings (SSSR count). The third-order valence-corrected chi connectivity index (χ3v) is 5.28. The third kappa shape index (κ3) is 3.54. The van der Waals surface area contributed by atoms with Gasteiger partial charge in [0.25, 0.3) is 0 Å². The molecule has 2 atom stereocenters. The van der Waals surface area contributed by atoms with Crippen LogP contribution in [-0.4, -0.2) is 18.6 Å². The lowest BCUT2D eigenvalue weighted by molar-refractivity contribution is -0.122. The van der Waals surface area contributed by atoms with E-state index in [2.05, 4.69) is 24.5 Å². The van der Waals surface area contributed by atoms with Crippen LogP contribution in [0.25, 0.3) is 0 Å². The Balaban J connectivity index is 1.39. The summed E-state index contributed by atoms with van der Waals surface area (Å²) < 4.78 is 10.6. The number of rotatable bonds is 5. The number of ether oxygens (including phenoxy) is 2. The summed E-state index contributed by atoms with van der Waals surface area (Å²) in [6, 6.07) is 11.3. The van der Waals surface area contributed by atoms with Crippen LogP contribution in [0, 0.1) is 18.8 Å². The van der Waals surface area contributed by atoms with Crippen LogP contribution in [0.3, 0.4) is 0 Å². The summed E-state index contributed by atoms with van der Waals surface area (Å²) in [6.07, 6.45) is 0.561. The van der Waals surface area contributed by atoms with Gasteiger partial charge < -0.3 is 20.1 Å². The second kappa shape index (κ2) is 7.19. The van der Waals surface area contributed by atoms with E-state index in [-0.39, 0.29) is 30.4 Å². The summed E-state index contributed by atoms with van der Waals surface area (Å²) >= 11 is 0. The largest absolute Gasteiger partial charge is 0.454 e. The zero-order valence-corrected chi connectivity index (χ0v) is 16.2. The quantitative estimate of drug-likeness (QED) is 0.820. The maximum absolute atomic E-state index is 12.7. The summed E-state index contributed by atoms with van der Waals surface area (Å²) in [5.41, 5.74) is 3.64. The molecule has 0 radical (unpaired) electrons. The van der Waals surface area contributed by atoms with Crippen LogP contribution in [0.4, 0.5) is 11.4 Å². The molecule has 1 aliphatic carbocycles. The van der Waals surface area contributed by atoms with Crippen LogP contribution in [0.15, 0.2) is 36.4 Å². The molecule has 6 heteroatoms. The second-order valence-corrected chi connectivity index (χ2v) is 7.69. The van der Waals surface area contributed by atoms with Crippen molar-refractivity contribution in [3.63, 3.8) is 0 Å². The number of carbonyl (C=O) groups excluding carboxylic acids is 2. The monoisotopic (exact) mass is 380 g/mol.